The van der Waals surface area contributed by atoms with E-state index in [0.29, 0.717) is 13.1 Å². The van der Waals surface area contributed by atoms with Crippen LogP contribution in [-0.4, -0.2) is 28.7 Å². The number of ketones is 1. The van der Waals surface area contributed by atoms with E-state index in [1.54, 1.807) is 6.07 Å². The Kier molecular flexibility index (Phi) is 10.5. The quantitative estimate of drug-likeness (QED) is 0.0770. The van der Waals surface area contributed by atoms with E-state index in [9.17, 15) is 14.9 Å². The van der Waals surface area contributed by atoms with Crippen molar-refractivity contribution in [1.82, 2.24) is 4.90 Å². The van der Waals surface area contributed by atoms with Gasteiger partial charge in [-0.15, -0.1) is 0 Å². The van der Waals surface area contributed by atoms with E-state index in [-0.39, 0.29) is 35.9 Å². The number of hydrogen-bond donors (Lipinski definition) is 1. The van der Waals surface area contributed by atoms with Crippen molar-refractivity contribution in [3.05, 3.63) is 171 Å². The highest BCUT2D eigenvalue weighted by atomic mass is 16.6. The van der Waals surface area contributed by atoms with Gasteiger partial charge in [-0.3, -0.25) is 19.8 Å². The molecule has 0 heterocycles. The number of nitro groups is 1. The van der Waals surface area contributed by atoms with E-state index in [4.69, 9.17) is 4.74 Å². The Morgan fingerprint density at radius 3 is 1.98 bits per heavy atom. The van der Waals surface area contributed by atoms with Crippen molar-refractivity contribution >= 4 is 17.2 Å². The molecule has 1 N–H and O–H groups in total. The second kappa shape index (κ2) is 15.3. The van der Waals surface area contributed by atoms with Crippen LogP contribution >= 0.6 is 0 Å². The van der Waals surface area contributed by atoms with Crippen LogP contribution in [0.15, 0.2) is 133 Å². The molecular formula is C37H35N3O4. The number of Topliss-reactive ketones (excluding diaryl/α,β-unsaturated/α-hetero) is 1. The number of rotatable bonds is 15. The van der Waals surface area contributed by atoms with Gasteiger partial charge in [-0.05, 0) is 52.9 Å². The number of benzene rings is 5. The molecule has 0 radical (unpaired) electrons. The lowest BCUT2D eigenvalue weighted by molar-refractivity contribution is -0.386. The van der Waals surface area contributed by atoms with Crippen LogP contribution in [-0.2, 0) is 26.1 Å². The lowest BCUT2D eigenvalue weighted by Crippen LogP contribution is -2.31. The van der Waals surface area contributed by atoms with E-state index in [1.165, 1.54) is 17.7 Å². The molecule has 7 heteroatoms. The molecule has 0 aliphatic carbocycles. The standard InChI is InChI=1S/C37H35N3O4/c41-36(33-18-21-37(35(24-33)40(42)43)44-28-32-14-8-3-9-15-32)27-39(26-31-12-6-2-7-13-31)23-22-29-16-19-34(20-17-29)38-25-30-10-4-1-5-11-30/h1-21,24,38H,22-23,25-28H2. The second-order valence-corrected chi connectivity index (χ2v) is 10.6. The van der Waals surface area contributed by atoms with Gasteiger partial charge in [0.05, 0.1) is 11.5 Å². The Hall–Kier alpha value is -5.27. The maximum absolute atomic E-state index is 13.4. The van der Waals surface area contributed by atoms with Crippen LogP contribution in [0.1, 0.15) is 32.6 Å². The zero-order valence-corrected chi connectivity index (χ0v) is 24.5. The monoisotopic (exact) mass is 585 g/mol. The molecule has 7 nitrogen and oxygen atoms in total. The first kappa shape index (κ1) is 30.2. The molecule has 0 fully saturated rings. The molecule has 0 unspecified atom stereocenters. The zero-order chi connectivity index (χ0) is 30.6. The summed E-state index contributed by atoms with van der Waals surface area (Å²) in [7, 11) is 0. The minimum Gasteiger partial charge on any atom is -0.482 e. The number of carbonyl (C=O) groups excluding carboxylic acids is 1. The lowest BCUT2D eigenvalue weighted by Gasteiger charge is -2.22. The first-order valence-corrected chi connectivity index (χ1v) is 14.6. The van der Waals surface area contributed by atoms with Gasteiger partial charge in [0.25, 0.3) is 0 Å². The Bertz CT molecular complexity index is 1640. The van der Waals surface area contributed by atoms with Gasteiger partial charge in [0, 0.05) is 37.0 Å². The average Bonchev–Trinajstić information content (AvgIpc) is 3.07. The molecule has 0 aromatic heterocycles. The molecule has 0 aliphatic rings. The highest BCUT2D eigenvalue weighted by molar-refractivity contribution is 5.98. The predicted molar refractivity (Wildman–Crippen MR) is 174 cm³/mol. The highest BCUT2D eigenvalue weighted by Crippen LogP contribution is 2.29. The summed E-state index contributed by atoms with van der Waals surface area (Å²) >= 11 is 0. The number of nitro benzene ring substituents is 1. The van der Waals surface area contributed by atoms with Crippen LogP contribution in [0.25, 0.3) is 0 Å². The molecular weight excluding hydrogens is 550 g/mol. The van der Waals surface area contributed by atoms with Crippen LogP contribution in [0.4, 0.5) is 11.4 Å². The van der Waals surface area contributed by atoms with Crippen LogP contribution in [0.5, 0.6) is 5.75 Å². The predicted octanol–water partition coefficient (Wildman–Crippen LogP) is 7.71. The van der Waals surface area contributed by atoms with Gasteiger partial charge in [0.15, 0.2) is 11.5 Å². The van der Waals surface area contributed by atoms with Crippen LogP contribution in [0.2, 0.25) is 0 Å². The number of hydrogen-bond acceptors (Lipinski definition) is 6. The fourth-order valence-corrected chi connectivity index (χ4v) is 4.92. The molecule has 5 aromatic rings. The third kappa shape index (κ3) is 8.86. The first-order chi connectivity index (χ1) is 21.5. The summed E-state index contributed by atoms with van der Waals surface area (Å²) in [5.74, 6) is -0.0441. The van der Waals surface area contributed by atoms with E-state index >= 15 is 0 Å². The van der Waals surface area contributed by atoms with Crippen LogP contribution < -0.4 is 10.1 Å². The molecule has 0 spiro atoms. The molecule has 0 saturated heterocycles. The minimum atomic E-state index is -0.503. The number of ether oxygens (including phenoxy) is 1. The summed E-state index contributed by atoms with van der Waals surface area (Å²) in [6.07, 6.45) is 0.755. The Morgan fingerprint density at radius 2 is 1.34 bits per heavy atom. The summed E-state index contributed by atoms with van der Waals surface area (Å²) in [4.78, 5) is 26.9. The molecule has 5 rings (SSSR count). The van der Waals surface area contributed by atoms with Crippen molar-refractivity contribution in [2.45, 2.75) is 26.1 Å². The van der Waals surface area contributed by atoms with Gasteiger partial charge in [-0.1, -0.05) is 103 Å². The SMILES string of the molecule is O=C(CN(CCc1ccc(NCc2ccccc2)cc1)Cc1ccccc1)c1ccc(OCc2ccccc2)c([N+](=O)[O-])c1. The van der Waals surface area contributed by atoms with E-state index < -0.39 is 4.92 Å². The number of nitrogens with zero attached hydrogens (tertiary/aromatic N) is 2. The number of anilines is 1. The van der Waals surface area contributed by atoms with Crippen molar-refractivity contribution in [3.8, 4) is 5.75 Å². The van der Waals surface area contributed by atoms with Gasteiger partial charge in [-0.25, -0.2) is 0 Å². The third-order valence-electron chi connectivity index (χ3n) is 7.34. The molecule has 0 saturated carbocycles. The van der Waals surface area contributed by atoms with Crippen molar-refractivity contribution in [1.29, 1.82) is 0 Å². The highest BCUT2D eigenvalue weighted by Gasteiger charge is 2.21. The van der Waals surface area contributed by atoms with Gasteiger partial charge >= 0.3 is 5.69 Å². The summed E-state index contributed by atoms with van der Waals surface area (Å²) in [6.45, 7) is 2.32. The fourth-order valence-electron chi connectivity index (χ4n) is 4.92. The van der Waals surface area contributed by atoms with Gasteiger partial charge in [-0.2, -0.15) is 0 Å². The topological polar surface area (TPSA) is 84.7 Å². The van der Waals surface area contributed by atoms with Crippen LogP contribution in [0.3, 0.4) is 0 Å². The summed E-state index contributed by atoms with van der Waals surface area (Å²) < 4.78 is 5.75. The van der Waals surface area contributed by atoms with Gasteiger partial charge < -0.3 is 10.1 Å². The molecule has 0 amide bonds. The summed E-state index contributed by atoms with van der Waals surface area (Å²) in [6, 6.07) is 42.5. The average molecular weight is 586 g/mol. The zero-order valence-electron chi connectivity index (χ0n) is 24.5. The first-order valence-electron chi connectivity index (χ1n) is 14.6. The number of nitrogens with one attached hydrogen (secondary N) is 1. The van der Waals surface area contributed by atoms with E-state index in [0.717, 1.165) is 35.3 Å². The van der Waals surface area contributed by atoms with Crippen molar-refractivity contribution in [3.63, 3.8) is 0 Å². The van der Waals surface area contributed by atoms with Crippen molar-refractivity contribution in [2.24, 2.45) is 0 Å². The molecule has 0 bridgehead atoms. The second-order valence-electron chi connectivity index (χ2n) is 10.6. The molecule has 222 valence electrons. The minimum absolute atomic E-state index is 0.132. The Morgan fingerprint density at radius 1 is 0.727 bits per heavy atom. The Labute approximate surface area is 257 Å². The van der Waals surface area contributed by atoms with Gasteiger partial charge in [0.1, 0.15) is 6.61 Å². The van der Waals surface area contributed by atoms with E-state index in [1.807, 2.05) is 78.9 Å². The lowest BCUT2D eigenvalue weighted by atomic mass is 10.1. The summed E-state index contributed by atoms with van der Waals surface area (Å²) in [5.41, 5.74) is 5.49. The van der Waals surface area contributed by atoms with Gasteiger partial charge in [0.2, 0.25) is 0 Å². The molecule has 0 atom stereocenters. The normalized spacial score (nSPS) is 10.8. The fraction of sp³-hybridized carbons (Fsp3) is 0.162. The molecule has 44 heavy (non-hydrogen) atoms. The largest absolute Gasteiger partial charge is 0.482 e. The van der Waals surface area contributed by atoms with Crippen LogP contribution in [0, 0.1) is 10.1 Å². The maximum atomic E-state index is 13.4. The van der Waals surface area contributed by atoms with E-state index in [2.05, 4.69) is 46.6 Å². The number of carbonyl (C=O) groups is 1. The van der Waals surface area contributed by atoms with Crippen molar-refractivity contribution in [2.75, 3.05) is 18.4 Å². The molecule has 0 aliphatic heterocycles. The maximum Gasteiger partial charge on any atom is 0.311 e. The third-order valence-corrected chi connectivity index (χ3v) is 7.34. The summed E-state index contributed by atoms with van der Waals surface area (Å²) in [5, 5.41) is 15.3. The molecule has 5 aromatic carbocycles. The smallest absolute Gasteiger partial charge is 0.311 e. The van der Waals surface area contributed by atoms with Crippen molar-refractivity contribution < 1.29 is 14.5 Å². The Balaban J connectivity index is 1.23.